The SMILES string of the molecule is CC(=O)c1cnccc1C[B-](F)(F)F.[K+]. The van der Waals surface area contributed by atoms with Gasteiger partial charge >= 0.3 is 58.4 Å². The fourth-order valence-electron chi connectivity index (χ4n) is 1.17. The van der Waals surface area contributed by atoms with Gasteiger partial charge in [0.2, 0.25) is 0 Å². The molecule has 0 atom stereocenters. The van der Waals surface area contributed by atoms with Gasteiger partial charge in [0.05, 0.1) is 0 Å². The van der Waals surface area contributed by atoms with Crippen molar-refractivity contribution < 1.29 is 69.1 Å². The fraction of sp³-hybridized carbons (Fsp3) is 0.250. The van der Waals surface area contributed by atoms with E-state index < -0.39 is 19.1 Å². The number of aromatic nitrogens is 1. The van der Waals surface area contributed by atoms with Gasteiger partial charge in [-0.25, -0.2) is 0 Å². The summed E-state index contributed by atoms with van der Waals surface area (Å²) in [6.07, 6.45) is 1.39. The van der Waals surface area contributed by atoms with Gasteiger partial charge in [0.25, 0.3) is 0 Å². The molecule has 0 N–H and O–H groups in total. The molecule has 0 bridgehead atoms. The molecule has 0 amide bonds. The monoisotopic (exact) mass is 241 g/mol. The Labute approximate surface area is 128 Å². The zero-order valence-corrected chi connectivity index (χ0v) is 11.6. The van der Waals surface area contributed by atoms with Gasteiger partial charge in [0.1, 0.15) is 0 Å². The molecule has 0 aromatic carbocycles. The molecule has 0 spiro atoms. The van der Waals surface area contributed by atoms with Gasteiger partial charge in [0.15, 0.2) is 5.78 Å². The summed E-state index contributed by atoms with van der Waals surface area (Å²) in [4.78, 5) is 14.6. The summed E-state index contributed by atoms with van der Waals surface area (Å²) in [5, 5.41) is 0. The molecule has 0 aliphatic heterocycles. The maximum absolute atomic E-state index is 12.1. The van der Waals surface area contributed by atoms with E-state index in [-0.39, 0.29) is 62.5 Å². The Balaban J connectivity index is 0.00000196. The van der Waals surface area contributed by atoms with Crippen LogP contribution in [0.3, 0.4) is 0 Å². The third kappa shape index (κ3) is 5.26. The van der Waals surface area contributed by atoms with Gasteiger partial charge in [-0.3, -0.25) is 9.78 Å². The minimum atomic E-state index is -4.91. The summed E-state index contributed by atoms with van der Waals surface area (Å²) in [6, 6.07) is 1.23. The van der Waals surface area contributed by atoms with Crippen LogP contribution < -0.4 is 51.4 Å². The molecule has 0 fully saturated rings. The number of pyridine rings is 1. The predicted molar refractivity (Wildman–Crippen MR) is 47.0 cm³/mol. The smallest absolute Gasteiger partial charge is 0.449 e. The molecule has 0 radical (unpaired) electrons. The maximum Gasteiger partial charge on any atom is 1.00 e. The second-order valence-corrected chi connectivity index (χ2v) is 3.00. The van der Waals surface area contributed by atoms with Crippen LogP contribution in [0.5, 0.6) is 0 Å². The Kier molecular flexibility index (Phi) is 6.27. The van der Waals surface area contributed by atoms with Crippen LogP contribution in [-0.4, -0.2) is 17.7 Å². The molecule has 1 aromatic heterocycles. The summed E-state index contributed by atoms with van der Waals surface area (Å²) < 4.78 is 36.3. The van der Waals surface area contributed by atoms with E-state index in [4.69, 9.17) is 0 Å². The second-order valence-electron chi connectivity index (χ2n) is 3.00. The van der Waals surface area contributed by atoms with Crippen molar-refractivity contribution in [3.63, 3.8) is 0 Å². The topological polar surface area (TPSA) is 30.0 Å². The molecule has 76 valence electrons. The number of Topliss-reactive ketones (excluding diaryl/α,β-unsaturated/α-hetero) is 1. The summed E-state index contributed by atoms with van der Waals surface area (Å²) >= 11 is 0. The number of hydrogen-bond acceptors (Lipinski definition) is 2. The van der Waals surface area contributed by atoms with Crippen molar-refractivity contribution in [2.45, 2.75) is 13.2 Å². The van der Waals surface area contributed by atoms with Gasteiger partial charge in [-0.15, -0.1) is 0 Å². The Morgan fingerprint density at radius 3 is 2.53 bits per heavy atom. The standard InChI is InChI=1S/C8H8BF3NO.K/c1-6(14)8-5-13-3-2-7(8)4-9(10,11)12;/h2-3,5H,4H2,1H3;/q-1;+1. The van der Waals surface area contributed by atoms with Gasteiger partial charge in [-0.1, -0.05) is 11.9 Å². The number of ketones is 1. The van der Waals surface area contributed by atoms with Crippen LogP contribution in [0.15, 0.2) is 18.5 Å². The van der Waals surface area contributed by atoms with E-state index in [2.05, 4.69) is 4.98 Å². The molecule has 0 aliphatic rings. The number of nitrogens with zero attached hydrogens (tertiary/aromatic N) is 1. The van der Waals surface area contributed by atoms with Crippen LogP contribution in [-0.2, 0) is 6.32 Å². The Morgan fingerprint density at radius 1 is 1.47 bits per heavy atom. The molecule has 0 aliphatic carbocycles. The van der Waals surface area contributed by atoms with Crippen LogP contribution in [0.25, 0.3) is 0 Å². The Morgan fingerprint density at radius 2 is 2.07 bits per heavy atom. The van der Waals surface area contributed by atoms with Crippen LogP contribution in [0.4, 0.5) is 12.9 Å². The minimum Gasteiger partial charge on any atom is -0.449 e. The number of carbonyl (C=O) groups is 1. The number of halogens is 3. The van der Waals surface area contributed by atoms with Crippen molar-refractivity contribution in [2.75, 3.05) is 0 Å². The second kappa shape index (κ2) is 6.15. The molecule has 1 heterocycles. The van der Waals surface area contributed by atoms with Gasteiger partial charge in [-0.05, 0) is 13.0 Å². The molecule has 1 aromatic rings. The van der Waals surface area contributed by atoms with Crippen molar-refractivity contribution in [3.8, 4) is 0 Å². The summed E-state index contributed by atoms with van der Waals surface area (Å²) in [6.45, 7) is -3.68. The van der Waals surface area contributed by atoms with Crippen molar-refractivity contribution in [3.05, 3.63) is 29.6 Å². The quantitative estimate of drug-likeness (QED) is 0.513. The van der Waals surface area contributed by atoms with Crippen LogP contribution in [0.2, 0.25) is 0 Å². The molecule has 15 heavy (non-hydrogen) atoms. The summed E-state index contributed by atoms with van der Waals surface area (Å²) in [7, 11) is 0. The fourth-order valence-corrected chi connectivity index (χ4v) is 1.17. The zero-order valence-electron chi connectivity index (χ0n) is 8.51. The molecule has 1 rings (SSSR count). The largest absolute Gasteiger partial charge is 1.00 e. The first kappa shape index (κ1) is 15.3. The van der Waals surface area contributed by atoms with Crippen molar-refractivity contribution >= 4 is 12.8 Å². The number of carbonyl (C=O) groups excluding carboxylic acids is 1. The molecule has 0 saturated heterocycles. The maximum atomic E-state index is 12.1. The first-order chi connectivity index (χ1) is 6.40. The average Bonchev–Trinajstić information content (AvgIpc) is 2.01. The molecule has 0 unspecified atom stereocenters. The molecule has 2 nitrogen and oxygen atoms in total. The number of hydrogen-bond donors (Lipinski definition) is 0. The minimum absolute atomic E-state index is 0. The third-order valence-corrected chi connectivity index (χ3v) is 1.74. The average molecular weight is 241 g/mol. The molecular formula is C8H8BF3KNO. The van der Waals surface area contributed by atoms with Crippen molar-refractivity contribution in [1.82, 2.24) is 4.98 Å². The van der Waals surface area contributed by atoms with Crippen molar-refractivity contribution in [1.29, 1.82) is 0 Å². The molecule has 0 saturated carbocycles. The first-order valence-electron chi connectivity index (χ1n) is 4.05. The van der Waals surface area contributed by atoms with E-state index in [9.17, 15) is 17.7 Å². The van der Waals surface area contributed by atoms with E-state index in [1.54, 1.807) is 0 Å². The Bertz CT molecular complexity index is 356. The number of rotatable bonds is 3. The van der Waals surface area contributed by atoms with E-state index >= 15 is 0 Å². The van der Waals surface area contributed by atoms with Crippen LogP contribution in [0, 0.1) is 0 Å². The van der Waals surface area contributed by atoms with E-state index in [1.165, 1.54) is 25.4 Å². The molecule has 7 heteroatoms. The Hall–Kier alpha value is 0.311. The van der Waals surface area contributed by atoms with E-state index in [0.29, 0.717) is 0 Å². The normalized spacial score (nSPS) is 10.7. The van der Waals surface area contributed by atoms with Gasteiger partial charge < -0.3 is 12.9 Å². The zero-order chi connectivity index (χ0) is 10.8. The summed E-state index contributed by atoms with van der Waals surface area (Å²) in [5.74, 6) is -0.395. The van der Waals surface area contributed by atoms with Crippen LogP contribution in [0.1, 0.15) is 22.8 Å². The van der Waals surface area contributed by atoms with Gasteiger partial charge in [0, 0.05) is 18.0 Å². The van der Waals surface area contributed by atoms with Crippen LogP contribution >= 0.6 is 0 Å². The predicted octanol–water partition coefficient (Wildman–Crippen LogP) is -0.783. The van der Waals surface area contributed by atoms with Gasteiger partial charge in [-0.2, -0.15) is 0 Å². The van der Waals surface area contributed by atoms with E-state index in [1.807, 2.05) is 0 Å². The molecular weight excluding hydrogens is 233 g/mol. The first-order valence-corrected chi connectivity index (χ1v) is 4.05. The third-order valence-electron chi connectivity index (χ3n) is 1.74. The van der Waals surface area contributed by atoms with E-state index in [0.717, 1.165) is 0 Å². The van der Waals surface area contributed by atoms with Crippen molar-refractivity contribution in [2.24, 2.45) is 0 Å². The summed E-state index contributed by atoms with van der Waals surface area (Å²) in [5.41, 5.74) is 0.0479.